The van der Waals surface area contributed by atoms with Crippen molar-refractivity contribution in [2.75, 3.05) is 13.2 Å². The summed E-state index contributed by atoms with van der Waals surface area (Å²) in [6.07, 6.45) is 4.26. The maximum absolute atomic E-state index is 13.7. The minimum absolute atomic E-state index is 0.0116. The molecule has 0 spiro atoms. The fourth-order valence-corrected chi connectivity index (χ4v) is 4.73. The summed E-state index contributed by atoms with van der Waals surface area (Å²) in [6.45, 7) is 6.82. The summed E-state index contributed by atoms with van der Waals surface area (Å²) in [5.41, 5.74) is 3.19. The summed E-state index contributed by atoms with van der Waals surface area (Å²) < 4.78 is 11.3. The molecule has 1 N–H and O–H groups in total. The molecule has 1 aliphatic carbocycles. The van der Waals surface area contributed by atoms with Crippen LogP contribution in [0, 0.1) is 20.8 Å². The smallest absolute Gasteiger partial charge is 0.252 e. The number of rotatable bonds is 4. The highest BCUT2D eigenvalue weighted by Gasteiger charge is 2.41. The molecule has 0 radical (unpaired) electrons. The molecule has 5 heteroatoms. The van der Waals surface area contributed by atoms with Crippen LogP contribution in [0.5, 0.6) is 11.5 Å². The molecular formula is C25H29NO4. The van der Waals surface area contributed by atoms with Gasteiger partial charge >= 0.3 is 0 Å². The van der Waals surface area contributed by atoms with Crippen molar-refractivity contribution in [1.29, 1.82) is 0 Å². The quantitative estimate of drug-likeness (QED) is 0.746. The Morgan fingerprint density at radius 1 is 0.900 bits per heavy atom. The Labute approximate surface area is 177 Å². The topological polar surface area (TPSA) is 64.6 Å². The molecule has 4 rings (SSSR count). The highest BCUT2D eigenvalue weighted by molar-refractivity contribution is 6.08. The van der Waals surface area contributed by atoms with Crippen molar-refractivity contribution >= 4 is 11.7 Å². The van der Waals surface area contributed by atoms with Crippen molar-refractivity contribution in [2.24, 2.45) is 0 Å². The second-order valence-corrected chi connectivity index (χ2v) is 8.56. The first-order chi connectivity index (χ1) is 14.4. The Bertz CT molecular complexity index is 969. The fraction of sp³-hybridized carbons (Fsp3) is 0.440. The number of hydrogen-bond acceptors (Lipinski definition) is 4. The van der Waals surface area contributed by atoms with E-state index in [4.69, 9.17) is 9.47 Å². The standard InChI is InChI=1S/C25H29NO4/c1-16-13-17(2)15-19(14-16)23(27)25(9-5-4-6-10-25)26-24(28)20-7-8-21-22(18(20)3)30-12-11-29-21/h7-8,13-15H,4-6,9-12H2,1-3H3,(H,26,28). The Kier molecular flexibility index (Phi) is 5.54. The number of ketones is 1. The zero-order chi connectivity index (χ0) is 21.3. The van der Waals surface area contributed by atoms with Gasteiger partial charge in [0.1, 0.15) is 18.8 Å². The van der Waals surface area contributed by atoms with Crippen molar-refractivity contribution in [1.82, 2.24) is 5.32 Å². The van der Waals surface area contributed by atoms with E-state index in [0.29, 0.717) is 48.7 Å². The highest BCUT2D eigenvalue weighted by Crippen LogP contribution is 2.37. The van der Waals surface area contributed by atoms with E-state index in [9.17, 15) is 9.59 Å². The van der Waals surface area contributed by atoms with Crippen LogP contribution in [-0.4, -0.2) is 30.4 Å². The second-order valence-electron chi connectivity index (χ2n) is 8.56. The van der Waals surface area contributed by atoms with Gasteiger partial charge in [-0.15, -0.1) is 0 Å². The van der Waals surface area contributed by atoms with Gasteiger partial charge in [0, 0.05) is 16.7 Å². The minimum atomic E-state index is -0.866. The monoisotopic (exact) mass is 407 g/mol. The molecule has 0 saturated heterocycles. The van der Waals surface area contributed by atoms with Gasteiger partial charge in [-0.05, 0) is 57.9 Å². The number of fused-ring (bicyclic) bond motifs is 1. The van der Waals surface area contributed by atoms with Crippen LogP contribution in [0.2, 0.25) is 0 Å². The van der Waals surface area contributed by atoms with E-state index in [-0.39, 0.29) is 11.7 Å². The summed E-state index contributed by atoms with van der Waals surface area (Å²) in [5.74, 6) is 1.06. The van der Waals surface area contributed by atoms with Gasteiger partial charge in [-0.25, -0.2) is 0 Å². The van der Waals surface area contributed by atoms with Crippen LogP contribution in [0.25, 0.3) is 0 Å². The van der Waals surface area contributed by atoms with Crippen molar-refractivity contribution in [2.45, 2.75) is 58.4 Å². The Balaban J connectivity index is 1.66. The van der Waals surface area contributed by atoms with Crippen LogP contribution >= 0.6 is 0 Å². The van der Waals surface area contributed by atoms with Gasteiger partial charge in [0.15, 0.2) is 17.3 Å². The third-order valence-electron chi connectivity index (χ3n) is 6.18. The minimum Gasteiger partial charge on any atom is -0.486 e. The lowest BCUT2D eigenvalue weighted by Crippen LogP contribution is -2.55. The lowest BCUT2D eigenvalue weighted by Gasteiger charge is -2.37. The molecule has 1 heterocycles. The number of benzene rings is 2. The zero-order valence-corrected chi connectivity index (χ0v) is 18.0. The van der Waals surface area contributed by atoms with Gasteiger partial charge in [-0.3, -0.25) is 9.59 Å². The summed E-state index contributed by atoms with van der Waals surface area (Å²) in [7, 11) is 0. The molecule has 2 aromatic rings. The highest BCUT2D eigenvalue weighted by atomic mass is 16.6. The summed E-state index contributed by atoms with van der Waals surface area (Å²) >= 11 is 0. The average molecular weight is 408 g/mol. The molecule has 0 aromatic heterocycles. The molecule has 2 aromatic carbocycles. The van der Waals surface area contributed by atoms with E-state index in [1.807, 2.05) is 32.9 Å². The molecule has 1 fully saturated rings. The van der Waals surface area contributed by atoms with Gasteiger partial charge in [0.25, 0.3) is 5.91 Å². The van der Waals surface area contributed by atoms with E-state index in [1.54, 1.807) is 12.1 Å². The predicted octanol–water partition coefficient (Wildman–Crippen LogP) is 4.70. The zero-order valence-electron chi connectivity index (χ0n) is 18.0. The molecule has 0 atom stereocenters. The normalized spacial score (nSPS) is 17.3. The molecule has 2 aliphatic rings. The van der Waals surface area contributed by atoms with Crippen LogP contribution in [0.3, 0.4) is 0 Å². The maximum atomic E-state index is 13.7. The number of amides is 1. The molecule has 1 aliphatic heterocycles. The molecule has 0 bridgehead atoms. The first-order valence-electron chi connectivity index (χ1n) is 10.7. The lowest BCUT2D eigenvalue weighted by molar-refractivity contribution is 0.0713. The number of carbonyl (C=O) groups is 2. The largest absolute Gasteiger partial charge is 0.486 e. The number of aryl methyl sites for hydroxylation is 2. The fourth-order valence-electron chi connectivity index (χ4n) is 4.73. The van der Waals surface area contributed by atoms with Crippen LogP contribution in [0.1, 0.15) is 69.5 Å². The van der Waals surface area contributed by atoms with Gasteiger partial charge in [-0.2, -0.15) is 0 Å². The number of hydrogen-bond donors (Lipinski definition) is 1. The van der Waals surface area contributed by atoms with E-state index in [0.717, 1.165) is 36.0 Å². The Morgan fingerprint density at radius 2 is 1.57 bits per heavy atom. The van der Waals surface area contributed by atoms with Crippen molar-refractivity contribution in [3.63, 3.8) is 0 Å². The molecule has 0 unspecified atom stereocenters. The van der Waals surface area contributed by atoms with Gasteiger partial charge in [-0.1, -0.05) is 36.5 Å². The first kappa shape index (κ1) is 20.5. The van der Waals surface area contributed by atoms with Crippen molar-refractivity contribution < 1.29 is 19.1 Å². The third-order valence-corrected chi connectivity index (χ3v) is 6.18. The van der Waals surface area contributed by atoms with Crippen LogP contribution < -0.4 is 14.8 Å². The Morgan fingerprint density at radius 3 is 2.27 bits per heavy atom. The van der Waals surface area contributed by atoms with Crippen molar-refractivity contribution in [3.8, 4) is 11.5 Å². The van der Waals surface area contributed by atoms with Crippen LogP contribution in [-0.2, 0) is 0 Å². The number of Topliss-reactive ketones (excluding diaryl/α,β-unsaturated/α-hetero) is 1. The summed E-state index contributed by atoms with van der Waals surface area (Å²) in [5, 5.41) is 3.15. The molecular weight excluding hydrogens is 378 g/mol. The first-order valence-corrected chi connectivity index (χ1v) is 10.7. The van der Waals surface area contributed by atoms with Crippen LogP contribution in [0.15, 0.2) is 30.3 Å². The predicted molar refractivity (Wildman–Crippen MR) is 116 cm³/mol. The molecule has 1 saturated carbocycles. The van der Waals surface area contributed by atoms with E-state index >= 15 is 0 Å². The average Bonchev–Trinajstić information content (AvgIpc) is 2.73. The molecule has 5 nitrogen and oxygen atoms in total. The second kappa shape index (κ2) is 8.13. The SMILES string of the molecule is Cc1cc(C)cc(C(=O)C2(NC(=O)c3ccc4c(c3C)OCCO4)CCCCC2)c1. The number of ether oxygens (including phenoxy) is 2. The summed E-state index contributed by atoms with van der Waals surface area (Å²) in [6, 6.07) is 9.44. The number of nitrogens with one attached hydrogen (secondary N) is 1. The van der Waals surface area contributed by atoms with Gasteiger partial charge in [0.2, 0.25) is 0 Å². The van der Waals surface area contributed by atoms with E-state index in [2.05, 4.69) is 11.4 Å². The third kappa shape index (κ3) is 3.81. The van der Waals surface area contributed by atoms with Crippen molar-refractivity contribution in [3.05, 3.63) is 58.1 Å². The molecule has 158 valence electrons. The molecule has 30 heavy (non-hydrogen) atoms. The molecule has 1 amide bonds. The van der Waals surface area contributed by atoms with Crippen LogP contribution in [0.4, 0.5) is 0 Å². The van der Waals surface area contributed by atoms with E-state index in [1.165, 1.54) is 0 Å². The number of carbonyl (C=O) groups excluding carboxylic acids is 2. The van der Waals surface area contributed by atoms with Gasteiger partial charge < -0.3 is 14.8 Å². The lowest BCUT2D eigenvalue weighted by atomic mass is 9.76. The maximum Gasteiger partial charge on any atom is 0.252 e. The summed E-state index contributed by atoms with van der Waals surface area (Å²) in [4.78, 5) is 27.0. The van der Waals surface area contributed by atoms with Gasteiger partial charge in [0.05, 0.1) is 0 Å². The Hall–Kier alpha value is -2.82. The van der Waals surface area contributed by atoms with E-state index < -0.39 is 5.54 Å².